The van der Waals surface area contributed by atoms with E-state index < -0.39 is 0 Å². The molecule has 5 aliphatic heterocycles. The Morgan fingerprint density at radius 1 is 0.457 bits per heavy atom. The fraction of sp³-hybridized carbons (Fsp3) is 0.299. The number of rotatable bonds is 14. The number of nitrogens with zero attached hydrogens (tertiary/aromatic N) is 14. The molecule has 2 fully saturated rings. The van der Waals surface area contributed by atoms with Gasteiger partial charge in [-0.2, -0.15) is 10.2 Å². The maximum atomic E-state index is 14.5. The number of hydrogen-bond acceptors (Lipinski definition) is 17. The summed E-state index contributed by atoms with van der Waals surface area (Å²) in [6.07, 6.45) is 23.7. The Hall–Kier alpha value is -10.4. The van der Waals surface area contributed by atoms with Crippen LogP contribution in [0.25, 0.3) is 50.3 Å². The maximum Gasteiger partial charge on any atom is 0.208 e. The van der Waals surface area contributed by atoms with E-state index in [0.29, 0.717) is 107 Å². The van der Waals surface area contributed by atoms with Crippen LogP contribution >= 0.6 is 0 Å². The van der Waals surface area contributed by atoms with E-state index in [2.05, 4.69) is 51.1 Å². The molecule has 17 rings (SSSR count). The van der Waals surface area contributed by atoms with Gasteiger partial charge in [-0.3, -0.25) is 27.5 Å². The van der Waals surface area contributed by atoms with Crippen molar-refractivity contribution in [2.24, 2.45) is 0 Å². The molecule has 0 bridgehead atoms. The van der Waals surface area contributed by atoms with Gasteiger partial charge in [-0.25, -0.2) is 43.1 Å². The largest absolute Gasteiger partial charge is 0.493 e. The highest BCUT2D eigenvalue weighted by atomic mass is 19.1. The summed E-state index contributed by atoms with van der Waals surface area (Å²) in [5.74, 6) is 3.41. The number of aromatic nitrogens is 14. The molecule has 1 atom stereocenters. The number of aryl methyl sites for hydroxylation is 4. The Labute approximate surface area is 525 Å². The minimum Gasteiger partial charge on any atom is -0.493 e. The standard InChI is InChI=1S/C23H23FN6O2.C22H21FN6O2.C22H20FN5O/c1-14-11-29-22(28-14)18(15-8-27-30(12-15)16-4-6-31-13-16)9-25-23(29)26-10-19-17-5-7-32-21(17)3-2-20(19)24;1-13-9-28-21(27-13)17(14-6-26-29(10-14)15-11-30-12-15)7-24-22(28)25-8-18-16-4-5-31-20(16)3-2-19(18)23;1-13-12-28-21(27-13)18(15-4-3-8-24-14(15)2)11-26-22(28)25-10-17-16-7-9-29-20(16)6-5-19(17)23/h2-3,8-9,11-12,16H,4-7,10,13H2,1H3,(H,25,26);2-3,6-7,9-10,15H,4-5,8,11-12H2,1H3,(H,24,25);3-6,8,11-12H,7,9-10H2,1-2H3,(H,25,26). The van der Waals surface area contributed by atoms with Gasteiger partial charge in [0.25, 0.3) is 0 Å². The third-order valence-electron chi connectivity index (χ3n) is 17.3. The van der Waals surface area contributed by atoms with Crippen LogP contribution in [0.1, 0.15) is 74.7 Å². The molecular weight excluding hydrogens is 1180 g/mol. The molecule has 1 unspecified atom stereocenters. The van der Waals surface area contributed by atoms with Gasteiger partial charge in [0, 0.05) is 174 Å². The van der Waals surface area contributed by atoms with Crippen LogP contribution in [0.3, 0.4) is 0 Å². The van der Waals surface area contributed by atoms with Gasteiger partial charge < -0.3 is 39.6 Å². The van der Waals surface area contributed by atoms with Gasteiger partial charge >= 0.3 is 0 Å². The van der Waals surface area contributed by atoms with Gasteiger partial charge in [0.15, 0.2) is 0 Å². The van der Waals surface area contributed by atoms with Gasteiger partial charge in [0.05, 0.1) is 81.2 Å². The predicted molar refractivity (Wildman–Crippen MR) is 337 cm³/mol. The Bertz CT molecular complexity index is 4780. The maximum absolute atomic E-state index is 14.5. The molecule has 0 radical (unpaired) electrons. The molecule has 2 saturated heterocycles. The minimum absolute atomic E-state index is 0.234. The monoisotopic (exact) mass is 1240 g/mol. The second kappa shape index (κ2) is 24.4. The quantitative estimate of drug-likeness (QED) is 0.0921. The van der Waals surface area contributed by atoms with E-state index in [9.17, 15) is 13.2 Å². The molecule has 0 spiro atoms. The first-order valence-electron chi connectivity index (χ1n) is 30.7. The van der Waals surface area contributed by atoms with E-state index in [-0.39, 0.29) is 29.5 Å². The third kappa shape index (κ3) is 11.1. The van der Waals surface area contributed by atoms with Crippen molar-refractivity contribution < 1.29 is 36.9 Å². The lowest BCUT2D eigenvalue weighted by Crippen LogP contribution is -2.30. The minimum atomic E-state index is -0.237. The fourth-order valence-electron chi connectivity index (χ4n) is 12.5. The van der Waals surface area contributed by atoms with Crippen molar-refractivity contribution in [1.82, 2.24) is 67.7 Å². The number of hydrogen-bond donors (Lipinski definition) is 3. The fourth-order valence-corrected chi connectivity index (χ4v) is 12.5. The molecule has 5 aliphatic rings. The number of benzene rings is 3. The topological polar surface area (TPSA) is 221 Å². The number of halogens is 3. The number of fused-ring (bicyclic) bond motifs is 6. The normalized spacial score (nSPS) is 15.4. The van der Waals surface area contributed by atoms with E-state index in [1.165, 1.54) is 18.2 Å². The second-order valence-electron chi connectivity index (χ2n) is 23.3. The Kier molecular flexibility index (Phi) is 15.4. The zero-order valence-corrected chi connectivity index (χ0v) is 51.0. The third-order valence-corrected chi connectivity index (χ3v) is 17.3. The molecule has 92 heavy (non-hydrogen) atoms. The van der Waals surface area contributed by atoms with Crippen LogP contribution in [0, 0.1) is 45.1 Å². The van der Waals surface area contributed by atoms with Gasteiger partial charge in [-0.15, -0.1) is 0 Å². The summed E-state index contributed by atoms with van der Waals surface area (Å²) in [5, 5.41) is 18.9. The number of pyridine rings is 1. The van der Waals surface area contributed by atoms with E-state index in [1.54, 1.807) is 43.0 Å². The Morgan fingerprint density at radius 3 is 1.29 bits per heavy atom. The highest BCUT2D eigenvalue weighted by Gasteiger charge is 2.27. The molecule has 0 aliphatic carbocycles. The molecule has 12 aromatic rings. The predicted octanol–water partition coefficient (Wildman–Crippen LogP) is 10.8. The molecule has 3 N–H and O–H groups in total. The van der Waals surface area contributed by atoms with Gasteiger partial charge in [-0.05, 0) is 76.6 Å². The van der Waals surface area contributed by atoms with Crippen LogP contribution in [0.15, 0.2) is 117 Å². The zero-order chi connectivity index (χ0) is 62.6. The first-order valence-corrected chi connectivity index (χ1v) is 30.7. The lowest BCUT2D eigenvalue weighted by molar-refractivity contribution is -0.0286. The SMILES string of the molecule is Cc1cn2c(NCc3c(F)ccc4c3CCO4)ncc(-c3cccnc3C)c2n1.Cc1cn2c(NCc3c(F)ccc4c3CCO4)ncc(-c3cnn(C4CCOC4)c3)c2n1.Cc1cn2c(NCc3c(F)ccc4c3CCO4)ncc(-c3cnn(C4COC4)c3)c2n1. The zero-order valence-electron chi connectivity index (χ0n) is 51.0. The molecule has 9 aromatic heterocycles. The Balaban J connectivity index is 0.000000115. The summed E-state index contributed by atoms with van der Waals surface area (Å²) >= 11 is 0. The summed E-state index contributed by atoms with van der Waals surface area (Å²) in [6.45, 7) is 13.3. The number of ether oxygens (including phenoxy) is 5. The van der Waals surface area contributed by atoms with E-state index in [0.717, 1.165) is 126 Å². The van der Waals surface area contributed by atoms with Crippen LogP contribution < -0.4 is 30.2 Å². The lowest BCUT2D eigenvalue weighted by atomic mass is 10.0. The van der Waals surface area contributed by atoms with E-state index >= 15 is 0 Å². The number of anilines is 3. The molecule has 22 nitrogen and oxygen atoms in total. The summed E-state index contributed by atoms with van der Waals surface area (Å²) < 4.78 is 80.6. The van der Waals surface area contributed by atoms with Crippen molar-refractivity contribution in [3.05, 3.63) is 190 Å². The molecule has 468 valence electrons. The van der Waals surface area contributed by atoms with Gasteiger partial charge in [0.1, 0.15) is 51.6 Å². The number of imidazole rings is 3. The van der Waals surface area contributed by atoms with Crippen molar-refractivity contribution in [2.45, 2.75) is 85.1 Å². The van der Waals surface area contributed by atoms with Gasteiger partial charge in [-0.1, -0.05) is 6.07 Å². The molecule has 3 aromatic carbocycles. The average Bonchev–Trinajstić information content (AvgIpc) is 1.67. The van der Waals surface area contributed by atoms with Crippen LogP contribution in [-0.4, -0.2) is 114 Å². The highest BCUT2D eigenvalue weighted by molar-refractivity contribution is 5.80. The Morgan fingerprint density at radius 2 is 0.880 bits per heavy atom. The summed E-state index contributed by atoms with van der Waals surface area (Å²) in [5.41, 5.74) is 16.1. The summed E-state index contributed by atoms with van der Waals surface area (Å²) in [6, 6.07) is 13.9. The molecular formula is C67H64F3N17O5. The van der Waals surface area contributed by atoms with Crippen molar-refractivity contribution in [3.63, 3.8) is 0 Å². The average molecular weight is 1240 g/mol. The molecule has 0 amide bonds. The van der Waals surface area contributed by atoms with Crippen LogP contribution in [0.5, 0.6) is 17.2 Å². The van der Waals surface area contributed by atoms with E-state index in [4.69, 9.17) is 33.7 Å². The molecule has 25 heteroatoms. The lowest BCUT2D eigenvalue weighted by Gasteiger charge is -2.25. The number of nitrogens with one attached hydrogen (secondary N) is 3. The van der Waals surface area contributed by atoms with Crippen molar-refractivity contribution in [3.8, 4) is 50.6 Å². The molecule has 0 saturated carbocycles. The van der Waals surface area contributed by atoms with Crippen molar-refractivity contribution in [1.29, 1.82) is 0 Å². The van der Waals surface area contributed by atoms with Crippen LogP contribution in [0.2, 0.25) is 0 Å². The summed E-state index contributed by atoms with van der Waals surface area (Å²) in [4.78, 5) is 32.3. The first kappa shape index (κ1) is 58.0. The summed E-state index contributed by atoms with van der Waals surface area (Å²) in [7, 11) is 0. The van der Waals surface area contributed by atoms with Crippen molar-refractivity contribution >= 4 is 34.8 Å². The highest BCUT2D eigenvalue weighted by Crippen LogP contribution is 2.36. The van der Waals surface area contributed by atoms with Gasteiger partial charge in [0.2, 0.25) is 17.8 Å². The second-order valence-corrected chi connectivity index (χ2v) is 23.3. The van der Waals surface area contributed by atoms with E-state index in [1.807, 2.05) is 106 Å². The van der Waals surface area contributed by atoms with Crippen LogP contribution in [-0.2, 0) is 48.4 Å². The molecule has 14 heterocycles. The van der Waals surface area contributed by atoms with Crippen LogP contribution in [0.4, 0.5) is 31.0 Å². The first-order chi connectivity index (χ1) is 45.0. The van der Waals surface area contributed by atoms with Crippen molar-refractivity contribution in [2.75, 3.05) is 62.2 Å². The smallest absolute Gasteiger partial charge is 0.208 e.